The normalized spacial score (nSPS) is 30.5. The number of carbonyl (C=O) groups is 1. The Hall–Kier alpha value is -1.30. The van der Waals surface area contributed by atoms with E-state index in [9.17, 15) is 9.90 Å². The van der Waals surface area contributed by atoms with E-state index in [0.29, 0.717) is 17.4 Å². The zero-order valence-corrected chi connectivity index (χ0v) is 14.4. The number of amides is 1. The summed E-state index contributed by atoms with van der Waals surface area (Å²) in [5.41, 5.74) is 5.75. The van der Waals surface area contributed by atoms with E-state index in [4.69, 9.17) is 10.5 Å². The molecule has 5 nitrogen and oxygen atoms in total. The number of rotatable bonds is 3. The Bertz CT molecular complexity index is 579. The highest BCUT2D eigenvalue weighted by atomic mass is 35.5. The Balaban J connectivity index is 0.00000192. The molecule has 23 heavy (non-hydrogen) atoms. The van der Waals surface area contributed by atoms with Crippen molar-refractivity contribution < 1.29 is 14.6 Å². The number of fused-ring (bicyclic) bond motifs is 2. The molecule has 6 heteroatoms. The number of halogens is 1. The lowest BCUT2D eigenvalue weighted by molar-refractivity contribution is -0.166. The fourth-order valence-corrected chi connectivity index (χ4v) is 4.59. The Morgan fingerprint density at radius 2 is 1.96 bits per heavy atom. The minimum Gasteiger partial charge on any atom is -0.507 e. The molecule has 0 unspecified atom stereocenters. The highest BCUT2D eigenvalue weighted by Crippen LogP contribution is 2.53. The van der Waals surface area contributed by atoms with Crippen molar-refractivity contribution in [3.05, 3.63) is 29.3 Å². The molecular weight excluding hydrogens is 316 g/mol. The lowest BCUT2D eigenvalue weighted by atomic mass is 9.62. The molecule has 3 N–H and O–H groups in total. The number of para-hydroxylation sites is 1. The van der Waals surface area contributed by atoms with Crippen LogP contribution >= 0.6 is 12.4 Å². The predicted molar refractivity (Wildman–Crippen MR) is 90.9 cm³/mol. The van der Waals surface area contributed by atoms with E-state index in [1.807, 2.05) is 6.07 Å². The zero-order valence-electron chi connectivity index (χ0n) is 13.6. The summed E-state index contributed by atoms with van der Waals surface area (Å²) in [6.07, 6.45) is 3.31. The van der Waals surface area contributed by atoms with Gasteiger partial charge >= 0.3 is 0 Å². The van der Waals surface area contributed by atoms with Crippen molar-refractivity contribution in [2.45, 2.75) is 24.9 Å². The van der Waals surface area contributed by atoms with E-state index in [2.05, 4.69) is 11.9 Å². The van der Waals surface area contributed by atoms with Crippen LogP contribution in [0.1, 0.15) is 35.2 Å². The summed E-state index contributed by atoms with van der Waals surface area (Å²) in [6.45, 7) is 1.87. The van der Waals surface area contributed by atoms with Crippen LogP contribution in [0.15, 0.2) is 18.2 Å². The number of hydrogen-bond donors (Lipinski definition) is 2. The van der Waals surface area contributed by atoms with E-state index in [1.54, 1.807) is 19.2 Å². The number of carbonyl (C=O) groups excluding carboxylic acids is 1. The summed E-state index contributed by atoms with van der Waals surface area (Å²) >= 11 is 0. The molecule has 1 aromatic rings. The van der Waals surface area contributed by atoms with E-state index in [-0.39, 0.29) is 23.7 Å². The Labute approximate surface area is 143 Å². The fourth-order valence-electron chi connectivity index (χ4n) is 4.59. The van der Waals surface area contributed by atoms with Gasteiger partial charge in [0.1, 0.15) is 11.4 Å². The molecule has 3 atom stereocenters. The first-order valence-corrected chi connectivity index (χ1v) is 7.86. The summed E-state index contributed by atoms with van der Waals surface area (Å²) in [4.78, 5) is 13.9. The fraction of sp³-hybridized carbons (Fsp3) is 0.588. The van der Waals surface area contributed by atoms with Gasteiger partial charge < -0.3 is 20.5 Å². The van der Waals surface area contributed by atoms with Gasteiger partial charge in [-0.05, 0) is 26.0 Å². The van der Waals surface area contributed by atoms with Crippen molar-refractivity contribution in [2.75, 3.05) is 27.2 Å². The van der Waals surface area contributed by atoms with E-state index in [0.717, 1.165) is 25.9 Å². The first kappa shape index (κ1) is 18.0. The van der Waals surface area contributed by atoms with Crippen LogP contribution < -0.4 is 5.73 Å². The van der Waals surface area contributed by atoms with Crippen molar-refractivity contribution in [1.82, 2.24) is 4.90 Å². The number of methoxy groups -OCH3 is 1. The van der Waals surface area contributed by atoms with Gasteiger partial charge in [-0.2, -0.15) is 0 Å². The molecule has 1 aliphatic heterocycles. The summed E-state index contributed by atoms with van der Waals surface area (Å²) in [6, 6.07) is 5.22. The SMILES string of the molecule is CO[C@@]1(c2cccc(C(N)=O)c2O)[C@@H]2CCC[C@H]1CN(C)C2.Cl. The smallest absolute Gasteiger partial charge is 0.252 e. The van der Waals surface area contributed by atoms with Crippen molar-refractivity contribution >= 4 is 18.3 Å². The maximum atomic E-state index is 11.6. The predicted octanol–water partition coefficient (Wildman–Crippen LogP) is 2.12. The first-order valence-electron chi connectivity index (χ1n) is 7.86. The van der Waals surface area contributed by atoms with Gasteiger partial charge in [-0.1, -0.05) is 18.6 Å². The second kappa shape index (κ2) is 6.67. The largest absolute Gasteiger partial charge is 0.507 e. The third-order valence-corrected chi connectivity index (χ3v) is 5.44. The summed E-state index contributed by atoms with van der Waals surface area (Å²) < 4.78 is 6.06. The van der Waals surface area contributed by atoms with Crippen molar-refractivity contribution in [3.8, 4) is 5.75 Å². The summed E-state index contributed by atoms with van der Waals surface area (Å²) in [5, 5.41) is 10.6. The van der Waals surface area contributed by atoms with Crippen LogP contribution in [-0.4, -0.2) is 43.2 Å². The molecule has 2 aliphatic rings. The van der Waals surface area contributed by atoms with Crippen molar-refractivity contribution in [1.29, 1.82) is 0 Å². The quantitative estimate of drug-likeness (QED) is 0.883. The molecule has 128 valence electrons. The maximum Gasteiger partial charge on any atom is 0.252 e. The lowest BCUT2D eigenvalue weighted by Crippen LogP contribution is -2.58. The highest BCUT2D eigenvalue weighted by molar-refractivity contribution is 5.96. The summed E-state index contributed by atoms with van der Waals surface area (Å²) in [5.74, 6) is -0.00459. The number of nitrogens with two attached hydrogens (primary N) is 1. The third-order valence-electron chi connectivity index (χ3n) is 5.44. The minimum absolute atomic E-state index is 0. The highest BCUT2D eigenvalue weighted by Gasteiger charge is 2.53. The average Bonchev–Trinajstić information content (AvgIpc) is 2.46. The van der Waals surface area contributed by atoms with Crippen LogP contribution in [0, 0.1) is 11.8 Å². The topological polar surface area (TPSA) is 75.8 Å². The number of hydrogen-bond acceptors (Lipinski definition) is 4. The number of primary amides is 1. The van der Waals surface area contributed by atoms with E-state index in [1.165, 1.54) is 6.42 Å². The van der Waals surface area contributed by atoms with Crippen LogP contribution in [0.25, 0.3) is 0 Å². The number of aromatic hydroxyl groups is 1. The number of piperidine rings is 1. The number of nitrogens with zero attached hydrogens (tertiary/aromatic N) is 1. The molecule has 1 heterocycles. The number of phenols is 1. The molecule has 0 spiro atoms. The molecule has 2 bridgehead atoms. The van der Waals surface area contributed by atoms with E-state index < -0.39 is 11.5 Å². The number of likely N-dealkylation sites (tertiary alicyclic amines) is 1. The van der Waals surface area contributed by atoms with Gasteiger partial charge in [0.2, 0.25) is 0 Å². The standard InChI is InChI=1S/C17H24N2O3.ClH/c1-19-9-11-5-3-6-12(10-19)17(11,22-2)14-8-4-7-13(15(14)20)16(18)21;/h4,7-8,11-12,20H,3,5-6,9-10H2,1-2H3,(H2,18,21);1H/t11-,12+,17+;. The molecule has 0 aromatic heterocycles. The Morgan fingerprint density at radius 1 is 1.35 bits per heavy atom. The van der Waals surface area contributed by atoms with Gasteiger partial charge in [-0.25, -0.2) is 0 Å². The van der Waals surface area contributed by atoms with Crippen LogP contribution in [-0.2, 0) is 10.3 Å². The zero-order chi connectivity index (χ0) is 15.9. The van der Waals surface area contributed by atoms with Crippen LogP contribution in [0.3, 0.4) is 0 Å². The average molecular weight is 341 g/mol. The van der Waals surface area contributed by atoms with Gasteiger partial charge in [0.15, 0.2) is 0 Å². The number of ether oxygens (including phenoxy) is 1. The van der Waals surface area contributed by atoms with E-state index >= 15 is 0 Å². The minimum atomic E-state index is -0.608. The van der Waals surface area contributed by atoms with Gasteiger partial charge in [0, 0.05) is 37.6 Å². The molecule has 1 aliphatic carbocycles. The molecule has 1 saturated heterocycles. The monoisotopic (exact) mass is 340 g/mol. The molecular formula is C17H25ClN2O3. The summed E-state index contributed by atoms with van der Waals surface area (Å²) in [7, 11) is 3.84. The molecule has 3 rings (SSSR count). The molecule has 2 fully saturated rings. The second-order valence-electron chi connectivity index (χ2n) is 6.61. The Kier molecular flexibility index (Phi) is 5.23. The number of benzene rings is 1. The Morgan fingerprint density at radius 3 is 2.48 bits per heavy atom. The van der Waals surface area contributed by atoms with Gasteiger partial charge in [0.05, 0.1) is 5.56 Å². The van der Waals surface area contributed by atoms with Gasteiger partial charge in [-0.3, -0.25) is 4.79 Å². The van der Waals surface area contributed by atoms with Crippen LogP contribution in [0.5, 0.6) is 5.75 Å². The van der Waals surface area contributed by atoms with Gasteiger partial charge in [0.25, 0.3) is 5.91 Å². The van der Waals surface area contributed by atoms with Crippen LogP contribution in [0.4, 0.5) is 0 Å². The van der Waals surface area contributed by atoms with Gasteiger partial charge in [-0.15, -0.1) is 12.4 Å². The molecule has 0 radical (unpaired) electrons. The third kappa shape index (κ3) is 2.71. The first-order chi connectivity index (χ1) is 10.5. The maximum absolute atomic E-state index is 11.6. The molecule has 1 aromatic carbocycles. The van der Waals surface area contributed by atoms with Crippen molar-refractivity contribution in [2.24, 2.45) is 17.6 Å². The van der Waals surface area contributed by atoms with Crippen molar-refractivity contribution in [3.63, 3.8) is 0 Å². The second-order valence-corrected chi connectivity index (χ2v) is 6.61. The molecule has 1 saturated carbocycles. The lowest BCUT2D eigenvalue weighted by Gasteiger charge is -2.54. The van der Waals surface area contributed by atoms with Crippen LogP contribution in [0.2, 0.25) is 0 Å². The molecule has 1 amide bonds.